The summed E-state index contributed by atoms with van der Waals surface area (Å²) in [4.78, 5) is 28.2. The maximum absolute atomic E-state index is 12.0. The monoisotopic (exact) mass is 206 g/mol. The molecule has 4 nitrogen and oxygen atoms in total. The van der Waals surface area contributed by atoms with Crippen LogP contribution in [0.2, 0.25) is 0 Å². The van der Waals surface area contributed by atoms with Crippen LogP contribution in [-0.4, -0.2) is 34.7 Å². The molecule has 1 aliphatic heterocycles. The van der Waals surface area contributed by atoms with E-state index >= 15 is 0 Å². The second kappa shape index (κ2) is 3.88. The molecule has 0 radical (unpaired) electrons. The van der Waals surface area contributed by atoms with Gasteiger partial charge in [-0.05, 0) is 12.5 Å². The summed E-state index contributed by atoms with van der Waals surface area (Å²) in [7, 11) is 0. The third-order valence-corrected chi connectivity index (χ3v) is 2.65. The summed E-state index contributed by atoms with van der Waals surface area (Å²) in [5.74, 6) is 0.000836. The molecule has 1 N–H and O–H groups in total. The molecule has 15 heavy (non-hydrogen) atoms. The van der Waals surface area contributed by atoms with Crippen LogP contribution in [0, 0.1) is 0 Å². The largest absolute Gasteiger partial charge is 0.357 e. The minimum Gasteiger partial charge on any atom is -0.357 e. The van der Waals surface area contributed by atoms with E-state index in [4.69, 9.17) is 0 Å². The normalized spacial score (nSPS) is 16.5. The van der Waals surface area contributed by atoms with E-state index in [9.17, 15) is 9.59 Å². The summed E-state index contributed by atoms with van der Waals surface area (Å²) >= 11 is 0. The van der Waals surface area contributed by atoms with Crippen molar-refractivity contribution in [2.45, 2.75) is 19.8 Å². The van der Waals surface area contributed by atoms with E-state index in [1.54, 1.807) is 17.2 Å². The van der Waals surface area contributed by atoms with Gasteiger partial charge in [0.05, 0.1) is 0 Å². The van der Waals surface area contributed by atoms with Crippen molar-refractivity contribution in [1.82, 2.24) is 9.88 Å². The van der Waals surface area contributed by atoms with Gasteiger partial charge in [0.25, 0.3) is 5.91 Å². The number of nitrogens with zero attached hydrogens (tertiary/aromatic N) is 1. The van der Waals surface area contributed by atoms with Crippen LogP contribution < -0.4 is 0 Å². The number of H-pyrrole nitrogens is 1. The first-order valence-electron chi connectivity index (χ1n) is 5.24. The van der Waals surface area contributed by atoms with Crippen LogP contribution in [0.4, 0.5) is 0 Å². The van der Waals surface area contributed by atoms with E-state index in [1.165, 1.54) is 0 Å². The van der Waals surface area contributed by atoms with E-state index in [-0.39, 0.29) is 11.7 Å². The highest BCUT2D eigenvalue weighted by Crippen LogP contribution is 2.17. The third-order valence-electron chi connectivity index (χ3n) is 2.65. The second-order valence-electron chi connectivity index (χ2n) is 3.73. The predicted octanol–water partition coefficient (Wildman–Crippen LogP) is 1.45. The SMILES string of the molecule is CCCN1CCC(=O)c2cc[nH]c2C1=O. The molecule has 4 heteroatoms. The predicted molar refractivity (Wildman–Crippen MR) is 55.9 cm³/mol. The van der Waals surface area contributed by atoms with E-state index in [2.05, 4.69) is 4.98 Å². The number of ketones is 1. The van der Waals surface area contributed by atoms with Crippen molar-refractivity contribution in [1.29, 1.82) is 0 Å². The molecule has 0 unspecified atom stereocenters. The van der Waals surface area contributed by atoms with Crippen molar-refractivity contribution in [3.63, 3.8) is 0 Å². The van der Waals surface area contributed by atoms with Gasteiger partial charge in [-0.15, -0.1) is 0 Å². The van der Waals surface area contributed by atoms with Gasteiger partial charge in [0.15, 0.2) is 5.78 Å². The number of aromatic nitrogens is 1. The van der Waals surface area contributed by atoms with Gasteiger partial charge in [0.2, 0.25) is 0 Å². The fraction of sp³-hybridized carbons (Fsp3) is 0.455. The van der Waals surface area contributed by atoms with Gasteiger partial charge in [-0.25, -0.2) is 0 Å². The number of carbonyl (C=O) groups is 2. The van der Waals surface area contributed by atoms with Gasteiger partial charge in [-0.3, -0.25) is 9.59 Å². The standard InChI is InChI=1S/C11H14N2O2/c1-2-6-13-7-4-9(14)8-3-5-12-10(8)11(13)15/h3,5,12H,2,4,6-7H2,1H3. The van der Waals surface area contributed by atoms with Crippen LogP contribution in [0.25, 0.3) is 0 Å². The molecule has 0 saturated carbocycles. The Balaban J connectivity index is 2.35. The molecule has 1 aliphatic rings. The maximum atomic E-state index is 12.0. The van der Waals surface area contributed by atoms with E-state index in [0.29, 0.717) is 30.8 Å². The Morgan fingerprint density at radius 3 is 3.00 bits per heavy atom. The van der Waals surface area contributed by atoms with E-state index < -0.39 is 0 Å². The highest BCUT2D eigenvalue weighted by atomic mass is 16.2. The number of nitrogens with one attached hydrogen (secondary N) is 1. The van der Waals surface area contributed by atoms with E-state index in [1.807, 2.05) is 6.92 Å². The molecule has 0 fully saturated rings. The number of rotatable bonds is 2. The van der Waals surface area contributed by atoms with E-state index in [0.717, 1.165) is 6.42 Å². The Kier molecular flexibility index (Phi) is 2.58. The number of aromatic amines is 1. The van der Waals surface area contributed by atoms with Crippen molar-refractivity contribution in [2.24, 2.45) is 0 Å². The number of carbonyl (C=O) groups excluding carboxylic acids is 2. The Hall–Kier alpha value is -1.58. The van der Waals surface area contributed by atoms with Crippen molar-refractivity contribution < 1.29 is 9.59 Å². The summed E-state index contributed by atoms with van der Waals surface area (Å²) in [6.45, 7) is 3.27. The lowest BCUT2D eigenvalue weighted by molar-refractivity contribution is 0.0753. The zero-order valence-corrected chi connectivity index (χ0v) is 8.75. The lowest BCUT2D eigenvalue weighted by Crippen LogP contribution is -2.31. The molecule has 0 saturated heterocycles. The molecule has 2 rings (SSSR count). The second-order valence-corrected chi connectivity index (χ2v) is 3.73. The Morgan fingerprint density at radius 2 is 2.27 bits per heavy atom. The summed E-state index contributed by atoms with van der Waals surface area (Å²) in [5, 5.41) is 0. The molecule has 1 aromatic rings. The topological polar surface area (TPSA) is 53.2 Å². The molecule has 0 bridgehead atoms. The van der Waals surface area contributed by atoms with Crippen LogP contribution in [0.1, 0.15) is 40.6 Å². The number of Topliss-reactive ketones (excluding diaryl/α,β-unsaturated/α-hetero) is 1. The lowest BCUT2D eigenvalue weighted by atomic mass is 10.1. The van der Waals surface area contributed by atoms with Gasteiger partial charge in [-0.2, -0.15) is 0 Å². The number of hydrogen-bond donors (Lipinski definition) is 1. The van der Waals surface area contributed by atoms with Crippen molar-refractivity contribution in [3.8, 4) is 0 Å². The molecule has 1 amide bonds. The molecular formula is C11H14N2O2. The quantitative estimate of drug-likeness (QED) is 0.796. The smallest absolute Gasteiger partial charge is 0.271 e. The number of amides is 1. The van der Waals surface area contributed by atoms with Gasteiger partial charge >= 0.3 is 0 Å². The summed E-state index contributed by atoms with van der Waals surface area (Å²) < 4.78 is 0. The van der Waals surface area contributed by atoms with Gasteiger partial charge < -0.3 is 9.88 Å². The van der Waals surface area contributed by atoms with Crippen molar-refractivity contribution in [2.75, 3.05) is 13.1 Å². The number of fused-ring (bicyclic) bond motifs is 1. The van der Waals surface area contributed by atoms with Crippen LogP contribution in [-0.2, 0) is 0 Å². The summed E-state index contributed by atoms with van der Waals surface area (Å²) in [6, 6.07) is 1.69. The lowest BCUT2D eigenvalue weighted by Gasteiger charge is -2.18. The van der Waals surface area contributed by atoms with Crippen LogP contribution >= 0.6 is 0 Å². The van der Waals surface area contributed by atoms with Crippen LogP contribution in [0.3, 0.4) is 0 Å². The minimum atomic E-state index is -0.0531. The molecule has 0 aromatic carbocycles. The summed E-state index contributed by atoms with van der Waals surface area (Å²) in [5.41, 5.74) is 0.990. The first-order chi connectivity index (χ1) is 7.24. The first-order valence-corrected chi connectivity index (χ1v) is 5.24. The highest BCUT2D eigenvalue weighted by Gasteiger charge is 2.26. The fourth-order valence-corrected chi connectivity index (χ4v) is 1.89. The fourth-order valence-electron chi connectivity index (χ4n) is 1.89. The van der Waals surface area contributed by atoms with Crippen LogP contribution in [0.5, 0.6) is 0 Å². The van der Waals surface area contributed by atoms with Gasteiger partial charge in [0, 0.05) is 31.3 Å². The van der Waals surface area contributed by atoms with Crippen molar-refractivity contribution >= 4 is 11.7 Å². The van der Waals surface area contributed by atoms with Crippen molar-refractivity contribution in [3.05, 3.63) is 23.5 Å². The van der Waals surface area contributed by atoms with Crippen LogP contribution in [0.15, 0.2) is 12.3 Å². The summed E-state index contributed by atoms with van der Waals surface area (Å²) in [6.07, 6.45) is 2.99. The Bertz CT molecular complexity index is 395. The minimum absolute atomic E-state index is 0.0531. The number of hydrogen-bond acceptors (Lipinski definition) is 2. The molecule has 2 heterocycles. The molecule has 0 aliphatic carbocycles. The average molecular weight is 206 g/mol. The molecular weight excluding hydrogens is 192 g/mol. The molecule has 0 atom stereocenters. The zero-order valence-electron chi connectivity index (χ0n) is 8.75. The third kappa shape index (κ3) is 1.67. The average Bonchev–Trinajstić information content (AvgIpc) is 2.67. The maximum Gasteiger partial charge on any atom is 0.271 e. The van der Waals surface area contributed by atoms with Gasteiger partial charge in [0.1, 0.15) is 5.69 Å². The molecule has 80 valence electrons. The molecule has 0 spiro atoms. The Labute approximate surface area is 88.3 Å². The van der Waals surface area contributed by atoms with Gasteiger partial charge in [-0.1, -0.05) is 6.92 Å². The highest BCUT2D eigenvalue weighted by molar-refractivity contribution is 6.08. The Morgan fingerprint density at radius 1 is 1.47 bits per heavy atom. The molecule has 1 aromatic heterocycles. The zero-order chi connectivity index (χ0) is 10.8. The first kappa shape index (κ1) is 9.96.